The smallest absolute Gasteiger partial charge is 0.420 e. The number of nitrogens with one attached hydrogen (secondary N) is 2. The Kier molecular flexibility index (Phi) is 16.8. The van der Waals surface area contributed by atoms with Crippen LogP contribution in [-0.2, 0) is 23.6 Å². The SMILES string of the molecule is Cc1ccc(C)c(-c2c(NC(=O)c3cnn4cccnc34)cnn2C)c1.Cc1ccc(C)c(-c2nn(C)cc2NC(=O)c2cnn3cccnc23)c1.Cc1ccc(C)c(C(=O)CN(C(=O)OC(C)(C)C)C(=O)OC(C)(C)C)c1. The molecule has 0 saturated carbocycles. The summed E-state index contributed by atoms with van der Waals surface area (Å²) in [5.74, 6) is -0.889. The molecule has 0 aliphatic carbocycles. The van der Waals surface area contributed by atoms with Crippen LogP contribution in [0, 0.1) is 41.5 Å². The van der Waals surface area contributed by atoms with Crippen LogP contribution in [0.3, 0.4) is 0 Å². The van der Waals surface area contributed by atoms with Crippen LogP contribution in [0.2, 0.25) is 0 Å². The fourth-order valence-electron chi connectivity index (χ4n) is 8.07. The van der Waals surface area contributed by atoms with Gasteiger partial charge in [0.25, 0.3) is 11.8 Å². The maximum Gasteiger partial charge on any atom is 0.420 e. The molecule has 0 radical (unpaired) electrons. The number of aryl methyl sites for hydroxylation is 8. The highest BCUT2D eigenvalue weighted by molar-refractivity contribution is 6.10. The van der Waals surface area contributed by atoms with Crippen LogP contribution in [-0.4, -0.2) is 101 Å². The topological polar surface area (TPSA) is 227 Å². The van der Waals surface area contributed by atoms with Crippen molar-refractivity contribution in [2.45, 2.75) is 94.3 Å². The number of fused-ring (bicyclic) bond motifs is 2. The molecule has 6 aromatic heterocycles. The predicted molar refractivity (Wildman–Crippen MR) is 298 cm³/mol. The molecule has 0 aliphatic rings. The summed E-state index contributed by atoms with van der Waals surface area (Å²) < 4.78 is 17.1. The first-order chi connectivity index (χ1) is 36.8. The Morgan fingerprint density at radius 3 is 1.58 bits per heavy atom. The van der Waals surface area contributed by atoms with E-state index in [0.29, 0.717) is 44.3 Å². The van der Waals surface area contributed by atoms with Gasteiger partial charge < -0.3 is 20.1 Å². The van der Waals surface area contributed by atoms with Crippen molar-refractivity contribution in [2.24, 2.45) is 14.1 Å². The molecule has 9 rings (SSSR count). The van der Waals surface area contributed by atoms with Crippen LogP contribution in [0.15, 0.2) is 116 Å². The van der Waals surface area contributed by atoms with E-state index >= 15 is 0 Å². The monoisotopic (exact) mass is 1060 g/mol. The highest BCUT2D eigenvalue weighted by Crippen LogP contribution is 2.32. The minimum absolute atomic E-state index is 0.266. The van der Waals surface area contributed by atoms with E-state index in [9.17, 15) is 24.0 Å². The summed E-state index contributed by atoms with van der Waals surface area (Å²) in [4.78, 5) is 72.4. The van der Waals surface area contributed by atoms with Crippen LogP contribution < -0.4 is 10.6 Å². The van der Waals surface area contributed by atoms with Crippen LogP contribution >= 0.6 is 0 Å². The van der Waals surface area contributed by atoms with Crippen LogP contribution in [0.25, 0.3) is 33.8 Å². The Morgan fingerprint density at radius 2 is 1.05 bits per heavy atom. The number of ether oxygens (including phenoxy) is 2. The molecule has 0 fully saturated rings. The Morgan fingerprint density at radius 1 is 0.577 bits per heavy atom. The molecule has 0 atom stereocenters. The van der Waals surface area contributed by atoms with E-state index < -0.39 is 29.9 Å². The first-order valence-electron chi connectivity index (χ1n) is 25.0. The summed E-state index contributed by atoms with van der Waals surface area (Å²) in [5, 5.41) is 23.1. The number of benzene rings is 3. The molecule has 404 valence electrons. The number of rotatable bonds is 9. The first-order valence-corrected chi connectivity index (χ1v) is 25.0. The second-order valence-electron chi connectivity index (χ2n) is 20.8. The van der Waals surface area contributed by atoms with Crippen molar-refractivity contribution in [3.63, 3.8) is 0 Å². The molecule has 0 unspecified atom stereocenters. The second-order valence-corrected chi connectivity index (χ2v) is 20.8. The van der Waals surface area contributed by atoms with Crippen LogP contribution in [0.5, 0.6) is 0 Å². The molecule has 6 heterocycles. The molecule has 2 N–H and O–H groups in total. The normalized spacial score (nSPS) is 11.3. The van der Waals surface area contributed by atoms with Crippen LogP contribution in [0.4, 0.5) is 21.0 Å². The van der Waals surface area contributed by atoms with Gasteiger partial charge in [-0.05, 0) is 130 Å². The quantitative estimate of drug-likeness (QED) is 0.128. The lowest BCUT2D eigenvalue weighted by molar-refractivity contribution is 0.00182. The summed E-state index contributed by atoms with van der Waals surface area (Å²) in [6.07, 6.45) is 11.5. The van der Waals surface area contributed by atoms with Gasteiger partial charge in [0.2, 0.25) is 0 Å². The molecular weight excluding hydrogens is 991 g/mol. The van der Waals surface area contributed by atoms with E-state index in [1.165, 1.54) is 12.4 Å². The Balaban J connectivity index is 0.000000170. The molecule has 0 saturated heterocycles. The summed E-state index contributed by atoms with van der Waals surface area (Å²) in [6, 6.07) is 21.4. The fraction of sp³-hybridized carbons (Fsp3) is 0.293. The zero-order chi connectivity index (χ0) is 56.8. The maximum atomic E-state index is 12.8. The average Bonchev–Trinajstić information content (AvgIpc) is 4.18. The Bertz CT molecular complexity index is 3590. The van der Waals surface area contributed by atoms with Gasteiger partial charge in [0.05, 0.1) is 42.2 Å². The number of nitrogens with zero attached hydrogens (tertiary/aromatic N) is 11. The van der Waals surface area contributed by atoms with E-state index in [2.05, 4.69) is 77.4 Å². The van der Waals surface area contributed by atoms with Gasteiger partial charge in [-0.1, -0.05) is 53.1 Å². The number of aromatic nitrogens is 10. The van der Waals surface area contributed by atoms with E-state index in [-0.39, 0.29) is 17.6 Å². The van der Waals surface area contributed by atoms with Crippen molar-refractivity contribution in [1.82, 2.24) is 53.7 Å². The number of carbonyl (C=O) groups is 5. The van der Waals surface area contributed by atoms with E-state index in [0.717, 1.165) is 55.9 Å². The number of carbonyl (C=O) groups excluding carboxylic acids is 5. The van der Waals surface area contributed by atoms with Crippen molar-refractivity contribution in [3.8, 4) is 22.5 Å². The van der Waals surface area contributed by atoms with Crippen molar-refractivity contribution >= 4 is 52.5 Å². The second kappa shape index (κ2) is 23.3. The number of Topliss-reactive ketones (excluding diaryl/α,β-unsaturated/α-hetero) is 1. The fourth-order valence-corrected chi connectivity index (χ4v) is 8.07. The molecule has 4 amide bonds. The zero-order valence-corrected chi connectivity index (χ0v) is 46.5. The largest absolute Gasteiger partial charge is 0.443 e. The maximum absolute atomic E-state index is 12.8. The van der Waals surface area contributed by atoms with Gasteiger partial charge in [0, 0.05) is 61.8 Å². The molecule has 3 aromatic carbocycles. The minimum Gasteiger partial charge on any atom is -0.443 e. The zero-order valence-electron chi connectivity index (χ0n) is 46.5. The number of ketones is 1. The predicted octanol–water partition coefficient (Wildman–Crippen LogP) is 10.7. The number of anilines is 2. The van der Waals surface area contributed by atoms with E-state index in [1.807, 2.05) is 60.8 Å². The minimum atomic E-state index is -0.912. The molecule has 0 spiro atoms. The molecule has 20 heteroatoms. The van der Waals surface area contributed by atoms with Gasteiger partial charge in [-0.2, -0.15) is 20.4 Å². The number of hydrogen-bond donors (Lipinski definition) is 2. The van der Waals surface area contributed by atoms with Crippen molar-refractivity contribution < 1.29 is 33.4 Å². The number of imide groups is 1. The van der Waals surface area contributed by atoms with Gasteiger partial charge >= 0.3 is 12.2 Å². The third-order valence-corrected chi connectivity index (χ3v) is 11.8. The van der Waals surface area contributed by atoms with E-state index in [1.54, 1.807) is 122 Å². The van der Waals surface area contributed by atoms with Gasteiger partial charge in [0.15, 0.2) is 17.1 Å². The first kappa shape index (κ1) is 56.4. The summed E-state index contributed by atoms with van der Waals surface area (Å²) in [6.45, 7) is 21.5. The Labute approximate surface area is 452 Å². The van der Waals surface area contributed by atoms with E-state index in [4.69, 9.17) is 9.47 Å². The molecular formula is C58H65N13O7. The standard InChI is InChI=1S/C20H29NO5.2C19H18N6O/c1-13-9-10-14(2)15(11-13)16(22)12-21(17(23)25-19(3,4)5)18(24)26-20(6,7)8;1-12-5-6-13(2)14(9-12)17-16(11-21-24(17)3)23-19(26)15-10-22-25-8-4-7-20-18(15)25;1-12-5-6-13(2)14(9-12)17-16(11-24(3)23-17)22-19(26)15-10-21-25-8-4-7-20-18(15)25/h9-11H,12H2,1-8H3;4-11H,1-3H3,(H,23,26);4-11H,1-3H3,(H,22,26). The van der Waals surface area contributed by atoms with Crippen molar-refractivity contribution in [3.05, 3.63) is 166 Å². The number of amides is 4. The van der Waals surface area contributed by atoms with Gasteiger partial charge in [-0.3, -0.25) is 23.7 Å². The van der Waals surface area contributed by atoms with Crippen molar-refractivity contribution in [2.75, 3.05) is 17.2 Å². The molecule has 78 heavy (non-hydrogen) atoms. The molecule has 0 bridgehead atoms. The average molecular weight is 1060 g/mol. The van der Waals surface area contributed by atoms with Gasteiger partial charge in [0.1, 0.15) is 28.0 Å². The summed E-state index contributed by atoms with van der Waals surface area (Å²) in [5.41, 5.74) is 11.9. The molecule has 9 aromatic rings. The van der Waals surface area contributed by atoms with Crippen LogP contribution in [0.1, 0.15) is 106 Å². The molecule has 0 aliphatic heterocycles. The third kappa shape index (κ3) is 13.7. The summed E-state index contributed by atoms with van der Waals surface area (Å²) in [7, 11) is 3.70. The summed E-state index contributed by atoms with van der Waals surface area (Å²) >= 11 is 0. The Hall–Kier alpha value is -9.33. The lowest BCUT2D eigenvalue weighted by Crippen LogP contribution is -2.46. The lowest BCUT2D eigenvalue weighted by atomic mass is 10.0. The third-order valence-electron chi connectivity index (χ3n) is 11.8. The van der Waals surface area contributed by atoms with Crippen molar-refractivity contribution in [1.29, 1.82) is 0 Å². The molecule has 20 nitrogen and oxygen atoms in total. The highest BCUT2D eigenvalue weighted by atomic mass is 16.6. The number of hydrogen-bond acceptors (Lipinski definition) is 13. The lowest BCUT2D eigenvalue weighted by Gasteiger charge is -2.28. The highest BCUT2D eigenvalue weighted by Gasteiger charge is 2.33. The van der Waals surface area contributed by atoms with Gasteiger partial charge in [-0.15, -0.1) is 0 Å². The van der Waals surface area contributed by atoms with Gasteiger partial charge in [-0.25, -0.2) is 33.5 Å².